The molecule has 122 valence electrons. The van der Waals surface area contributed by atoms with Gasteiger partial charge in [-0.3, -0.25) is 0 Å². The van der Waals surface area contributed by atoms with Crippen LogP contribution in [0.25, 0.3) is 0 Å². The molecule has 0 spiro atoms. The van der Waals surface area contributed by atoms with Crippen molar-refractivity contribution in [2.24, 2.45) is 5.92 Å². The number of nitrogens with one attached hydrogen (secondary N) is 2. The highest BCUT2D eigenvalue weighted by Crippen LogP contribution is 2.27. The molecule has 1 aliphatic rings. The van der Waals surface area contributed by atoms with Gasteiger partial charge in [-0.05, 0) is 80.1 Å². The van der Waals surface area contributed by atoms with E-state index in [1.165, 1.54) is 31.4 Å². The average molecular weight is 310 g/mol. The van der Waals surface area contributed by atoms with Gasteiger partial charge in [-0.1, -0.05) is 0 Å². The number of nitrogens with two attached hydrogens (primary N) is 2. The van der Waals surface area contributed by atoms with Crippen LogP contribution in [0.5, 0.6) is 0 Å². The van der Waals surface area contributed by atoms with Crippen molar-refractivity contribution in [2.75, 3.05) is 28.6 Å². The summed E-state index contributed by atoms with van der Waals surface area (Å²) in [6.07, 6.45) is 4.96. The Hall–Kier alpha value is -2.36. The molecule has 0 saturated heterocycles. The van der Waals surface area contributed by atoms with Gasteiger partial charge in [0.1, 0.15) is 0 Å². The third-order valence-electron chi connectivity index (χ3n) is 4.63. The normalized spacial score (nSPS) is 20.9. The fourth-order valence-corrected chi connectivity index (χ4v) is 3.19. The van der Waals surface area contributed by atoms with Crippen LogP contribution in [-0.2, 0) is 0 Å². The van der Waals surface area contributed by atoms with E-state index < -0.39 is 0 Å². The van der Waals surface area contributed by atoms with Crippen LogP contribution in [0.3, 0.4) is 0 Å². The lowest BCUT2D eigenvalue weighted by Gasteiger charge is -2.30. The Labute approximate surface area is 138 Å². The zero-order valence-electron chi connectivity index (χ0n) is 13.5. The van der Waals surface area contributed by atoms with Crippen LogP contribution in [0.4, 0.5) is 22.7 Å². The van der Waals surface area contributed by atoms with Crippen molar-refractivity contribution in [3.05, 3.63) is 48.5 Å². The molecule has 2 aromatic carbocycles. The second-order valence-corrected chi connectivity index (χ2v) is 6.49. The third-order valence-corrected chi connectivity index (χ3v) is 4.63. The molecule has 4 nitrogen and oxygen atoms in total. The van der Waals surface area contributed by atoms with Crippen LogP contribution < -0.4 is 22.1 Å². The predicted molar refractivity (Wildman–Crippen MR) is 99.6 cm³/mol. The maximum absolute atomic E-state index is 5.73. The SMILES string of the molecule is Nc1ccc(NCC2CCC(Nc3ccc(N)cc3)CC2)cc1. The predicted octanol–water partition coefficient (Wildman–Crippen LogP) is 3.93. The maximum atomic E-state index is 5.73. The first-order valence-corrected chi connectivity index (χ1v) is 8.40. The molecule has 0 atom stereocenters. The minimum absolute atomic E-state index is 0.575. The fraction of sp³-hybridized carbons (Fsp3) is 0.368. The molecule has 3 rings (SSSR count). The van der Waals surface area contributed by atoms with E-state index in [0.717, 1.165) is 29.5 Å². The van der Waals surface area contributed by atoms with E-state index in [4.69, 9.17) is 11.5 Å². The average Bonchev–Trinajstić information content (AvgIpc) is 2.58. The summed E-state index contributed by atoms with van der Waals surface area (Å²) < 4.78 is 0. The topological polar surface area (TPSA) is 76.1 Å². The van der Waals surface area contributed by atoms with Crippen molar-refractivity contribution < 1.29 is 0 Å². The van der Waals surface area contributed by atoms with Crippen LogP contribution >= 0.6 is 0 Å². The molecule has 0 bridgehead atoms. The highest BCUT2D eigenvalue weighted by molar-refractivity contribution is 5.52. The van der Waals surface area contributed by atoms with Crippen LogP contribution in [0.15, 0.2) is 48.5 Å². The molecule has 0 heterocycles. The van der Waals surface area contributed by atoms with Gasteiger partial charge < -0.3 is 22.1 Å². The number of nitrogen functional groups attached to an aromatic ring is 2. The summed E-state index contributed by atoms with van der Waals surface area (Å²) in [7, 11) is 0. The largest absolute Gasteiger partial charge is 0.399 e. The molecular weight excluding hydrogens is 284 g/mol. The van der Waals surface area contributed by atoms with Gasteiger partial charge in [0.15, 0.2) is 0 Å². The molecule has 23 heavy (non-hydrogen) atoms. The first-order chi connectivity index (χ1) is 11.2. The van der Waals surface area contributed by atoms with Gasteiger partial charge >= 0.3 is 0 Å². The lowest BCUT2D eigenvalue weighted by atomic mass is 9.86. The number of benzene rings is 2. The van der Waals surface area contributed by atoms with E-state index in [1.54, 1.807) is 0 Å². The summed E-state index contributed by atoms with van der Waals surface area (Å²) in [4.78, 5) is 0. The van der Waals surface area contributed by atoms with E-state index in [9.17, 15) is 0 Å². The van der Waals surface area contributed by atoms with Gasteiger partial charge in [0.25, 0.3) is 0 Å². The molecule has 0 aromatic heterocycles. The summed E-state index contributed by atoms with van der Waals surface area (Å²) in [5.74, 6) is 0.747. The minimum atomic E-state index is 0.575. The van der Waals surface area contributed by atoms with Crippen molar-refractivity contribution in [2.45, 2.75) is 31.7 Å². The summed E-state index contributed by atoms with van der Waals surface area (Å²) in [6, 6.07) is 16.6. The molecule has 0 unspecified atom stereocenters. The summed E-state index contributed by atoms with van der Waals surface area (Å²) in [5.41, 5.74) is 15.4. The van der Waals surface area contributed by atoms with Gasteiger partial charge in [0.2, 0.25) is 0 Å². The standard InChI is InChI=1S/C19H26N4/c20-15-3-9-17(10-4-15)22-13-14-1-7-18(8-2-14)23-19-11-5-16(21)6-12-19/h3-6,9-12,14,18,22-23H,1-2,7-8,13,20-21H2. The molecule has 6 N–H and O–H groups in total. The van der Waals surface area contributed by atoms with Crippen LogP contribution in [0.1, 0.15) is 25.7 Å². The van der Waals surface area contributed by atoms with Crippen LogP contribution in [0, 0.1) is 5.92 Å². The van der Waals surface area contributed by atoms with Gasteiger partial charge in [-0.25, -0.2) is 0 Å². The Morgan fingerprint density at radius 2 is 1.26 bits per heavy atom. The smallest absolute Gasteiger partial charge is 0.0343 e. The summed E-state index contributed by atoms with van der Waals surface area (Å²) >= 11 is 0. The Balaban J connectivity index is 1.41. The van der Waals surface area contributed by atoms with Crippen molar-refractivity contribution in [1.29, 1.82) is 0 Å². The molecule has 1 saturated carbocycles. The molecule has 1 fully saturated rings. The number of rotatable bonds is 5. The number of anilines is 4. The minimum Gasteiger partial charge on any atom is -0.399 e. The highest BCUT2D eigenvalue weighted by atomic mass is 14.9. The molecule has 4 heteroatoms. The molecular formula is C19H26N4. The monoisotopic (exact) mass is 310 g/mol. The van der Waals surface area contributed by atoms with Crippen molar-refractivity contribution in [1.82, 2.24) is 0 Å². The molecule has 0 aliphatic heterocycles. The zero-order chi connectivity index (χ0) is 16.1. The molecule has 0 radical (unpaired) electrons. The first-order valence-electron chi connectivity index (χ1n) is 8.40. The molecule has 2 aromatic rings. The number of hydrogen-bond donors (Lipinski definition) is 4. The lowest BCUT2D eigenvalue weighted by molar-refractivity contribution is 0.351. The number of hydrogen-bond acceptors (Lipinski definition) is 4. The Bertz CT molecular complexity index is 598. The molecule has 0 amide bonds. The van der Waals surface area contributed by atoms with Crippen LogP contribution in [0.2, 0.25) is 0 Å². The Morgan fingerprint density at radius 3 is 1.83 bits per heavy atom. The fourth-order valence-electron chi connectivity index (χ4n) is 3.19. The highest BCUT2D eigenvalue weighted by Gasteiger charge is 2.20. The Kier molecular flexibility index (Phi) is 4.91. The second kappa shape index (κ2) is 7.27. The third kappa shape index (κ3) is 4.55. The first kappa shape index (κ1) is 15.5. The van der Waals surface area contributed by atoms with Crippen LogP contribution in [-0.4, -0.2) is 12.6 Å². The zero-order valence-corrected chi connectivity index (χ0v) is 13.5. The molecule has 1 aliphatic carbocycles. The lowest BCUT2D eigenvalue weighted by Crippen LogP contribution is -2.28. The maximum Gasteiger partial charge on any atom is 0.0343 e. The van der Waals surface area contributed by atoms with Gasteiger partial charge in [0, 0.05) is 35.3 Å². The van der Waals surface area contributed by atoms with E-state index in [2.05, 4.69) is 22.8 Å². The Morgan fingerprint density at radius 1 is 0.739 bits per heavy atom. The van der Waals surface area contributed by atoms with E-state index in [0.29, 0.717) is 6.04 Å². The van der Waals surface area contributed by atoms with E-state index in [-0.39, 0.29) is 0 Å². The van der Waals surface area contributed by atoms with E-state index >= 15 is 0 Å². The van der Waals surface area contributed by atoms with Gasteiger partial charge in [-0.15, -0.1) is 0 Å². The van der Waals surface area contributed by atoms with Crippen molar-refractivity contribution >= 4 is 22.7 Å². The summed E-state index contributed by atoms with van der Waals surface area (Å²) in [5, 5.41) is 7.14. The van der Waals surface area contributed by atoms with Gasteiger partial charge in [-0.2, -0.15) is 0 Å². The summed E-state index contributed by atoms with van der Waals surface area (Å²) in [6.45, 7) is 1.04. The quantitative estimate of drug-likeness (QED) is 0.631. The van der Waals surface area contributed by atoms with Crippen molar-refractivity contribution in [3.63, 3.8) is 0 Å². The van der Waals surface area contributed by atoms with E-state index in [1.807, 2.05) is 36.4 Å². The van der Waals surface area contributed by atoms with Gasteiger partial charge in [0.05, 0.1) is 0 Å². The van der Waals surface area contributed by atoms with Crippen molar-refractivity contribution in [3.8, 4) is 0 Å². The second-order valence-electron chi connectivity index (χ2n) is 6.49.